The summed E-state index contributed by atoms with van der Waals surface area (Å²) in [6.45, 7) is 0. The highest BCUT2D eigenvalue weighted by Crippen LogP contribution is 2.27. The molecule has 1 aliphatic rings. The van der Waals surface area contributed by atoms with Crippen LogP contribution in [0.15, 0.2) is 34.5 Å². The van der Waals surface area contributed by atoms with Gasteiger partial charge < -0.3 is 5.11 Å². The van der Waals surface area contributed by atoms with Crippen molar-refractivity contribution in [2.24, 2.45) is 0 Å². The Labute approximate surface area is 127 Å². The molecular formula is C15H14O4S2. The molecule has 0 aliphatic heterocycles. The van der Waals surface area contributed by atoms with Crippen LogP contribution in [-0.2, 0) is 28.4 Å². The molecule has 4 nitrogen and oxygen atoms in total. The van der Waals surface area contributed by atoms with E-state index in [1.165, 1.54) is 5.56 Å². The lowest BCUT2D eigenvalue weighted by atomic mass is 10.1. The first kappa shape index (κ1) is 14.3. The first-order chi connectivity index (χ1) is 9.97. The van der Waals surface area contributed by atoms with Crippen molar-refractivity contribution >= 4 is 27.1 Å². The van der Waals surface area contributed by atoms with Crippen molar-refractivity contribution in [2.75, 3.05) is 0 Å². The smallest absolute Gasteiger partial charge is 0.346 e. The van der Waals surface area contributed by atoms with Crippen molar-refractivity contribution in [2.45, 2.75) is 29.9 Å². The highest BCUT2D eigenvalue weighted by Gasteiger charge is 2.22. The largest absolute Gasteiger partial charge is 0.477 e. The van der Waals surface area contributed by atoms with Gasteiger partial charge in [0.05, 0.1) is 10.6 Å². The van der Waals surface area contributed by atoms with Gasteiger partial charge in [0.25, 0.3) is 0 Å². The highest BCUT2D eigenvalue weighted by atomic mass is 32.2. The normalized spacial score (nSPS) is 14.1. The fourth-order valence-electron chi connectivity index (χ4n) is 2.67. The second-order valence-corrected chi connectivity index (χ2v) is 8.03. The summed E-state index contributed by atoms with van der Waals surface area (Å²) in [6.07, 6.45) is 2.98. The highest BCUT2D eigenvalue weighted by molar-refractivity contribution is 7.90. The Balaban J connectivity index is 1.94. The second kappa shape index (κ2) is 5.27. The lowest BCUT2D eigenvalue weighted by Gasteiger charge is -2.07. The lowest BCUT2D eigenvalue weighted by molar-refractivity contribution is 0.0701. The zero-order valence-electron chi connectivity index (χ0n) is 11.2. The van der Waals surface area contributed by atoms with Crippen molar-refractivity contribution in [1.82, 2.24) is 0 Å². The summed E-state index contributed by atoms with van der Waals surface area (Å²) < 4.78 is 25.0. The SMILES string of the molecule is O=C(O)c1sccc1CS(=O)(=O)c1ccc2c(c1)CCC2. The molecule has 0 atom stereocenters. The summed E-state index contributed by atoms with van der Waals surface area (Å²) in [7, 11) is -3.52. The fraction of sp³-hybridized carbons (Fsp3) is 0.267. The molecule has 1 aromatic heterocycles. The molecule has 0 bridgehead atoms. The van der Waals surface area contributed by atoms with E-state index in [0.717, 1.165) is 36.2 Å². The maximum absolute atomic E-state index is 12.5. The zero-order valence-corrected chi connectivity index (χ0v) is 12.8. The predicted octanol–water partition coefficient (Wildman–Crippen LogP) is 2.91. The molecule has 0 amide bonds. The number of aryl methyl sites for hydroxylation is 2. The van der Waals surface area contributed by atoms with Crippen LogP contribution in [0, 0.1) is 0 Å². The van der Waals surface area contributed by atoms with Crippen LogP contribution in [0.4, 0.5) is 0 Å². The number of thiophene rings is 1. The number of sulfone groups is 1. The summed E-state index contributed by atoms with van der Waals surface area (Å²) >= 11 is 1.05. The molecule has 0 fully saturated rings. The topological polar surface area (TPSA) is 71.4 Å². The predicted molar refractivity (Wildman–Crippen MR) is 80.6 cm³/mol. The summed E-state index contributed by atoms with van der Waals surface area (Å²) in [5.41, 5.74) is 2.67. The molecule has 6 heteroatoms. The number of benzene rings is 1. The fourth-order valence-corrected chi connectivity index (χ4v) is 4.93. The van der Waals surface area contributed by atoms with Gasteiger partial charge in [-0.25, -0.2) is 13.2 Å². The maximum atomic E-state index is 12.5. The molecule has 0 saturated heterocycles. The van der Waals surface area contributed by atoms with Gasteiger partial charge in [-0.15, -0.1) is 11.3 Å². The number of carboxylic acid groups (broad SMARTS) is 1. The quantitative estimate of drug-likeness (QED) is 0.939. The number of hydrogen-bond donors (Lipinski definition) is 1. The number of aromatic carboxylic acids is 1. The minimum absolute atomic E-state index is 0.0970. The van der Waals surface area contributed by atoms with Gasteiger partial charge in [-0.2, -0.15) is 0 Å². The van der Waals surface area contributed by atoms with Crippen molar-refractivity contribution in [3.05, 3.63) is 51.2 Å². The second-order valence-electron chi connectivity index (χ2n) is 5.12. The van der Waals surface area contributed by atoms with Gasteiger partial charge in [0.1, 0.15) is 4.88 Å². The van der Waals surface area contributed by atoms with Crippen LogP contribution in [0.2, 0.25) is 0 Å². The van der Waals surface area contributed by atoms with Crippen molar-refractivity contribution in [1.29, 1.82) is 0 Å². The van der Waals surface area contributed by atoms with Crippen LogP contribution in [0.25, 0.3) is 0 Å². The molecule has 1 aromatic carbocycles. The van der Waals surface area contributed by atoms with Gasteiger partial charge in [-0.1, -0.05) is 6.07 Å². The van der Waals surface area contributed by atoms with Gasteiger partial charge in [-0.3, -0.25) is 0 Å². The molecule has 0 radical (unpaired) electrons. The maximum Gasteiger partial charge on any atom is 0.346 e. The number of carbonyl (C=O) groups is 1. The Morgan fingerprint density at radius 2 is 1.95 bits per heavy atom. The third-order valence-electron chi connectivity index (χ3n) is 3.72. The molecule has 1 heterocycles. The number of carboxylic acids is 1. The summed E-state index contributed by atoms with van der Waals surface area (Å²) in [6, 6.07) is 6.82. The van der Waals surface area contributed by atoms with Crippen LogP contribution in [0.1, 0.15) is 32.8 Å². The van der Waals surface area contributed by atoms with Crippen LogP contribution < -0.4 is 0 Å². The molecule has 2 aromatic rings. The lowest BCUT2D eigenvalue weighted by Crippen LogP contribution is -2.08. The van der Waals surface area contributed by atoms with Crippen molar-refractivity contribution < 1.29 is 18.3 Å². The van der Waals surface area contributed by atoms with E-state index in [1.54, 1.807) is 23.6 Å². The first-order valence-corrected chi connectivity index (χ1v) is 9.15. The molecule has 21 heavy (non-hydrogen) atoms. The molecule has 0 unspecified atom stereocenters. The molecule has 1 N–H and O–H groups in total. The van der Waals surface area contributed by atoms with E-state index in [4.69, 9.17) is 5.11 Å². The average molecular weight is 322 g/mol. The summed E-state index contributed by atoms with van der Waals surface area (Å²) in [4.78, 5) is 11.5. The van der Waals surface area contributed by atoms with Crippen molar-refractivity contribution in [3.8, 4) is 0 Å². The van der Waals surface area contributed by atoms with E-state index in [2.05, 4.69) is 0 Å². The molecule has 3 rings (SSSR count). The van der Waals surface area contributed by atoms with Gasteiger partial charge in [0.2, 0.25) is 0 Å². The minimum Gasteiger partial charge on any atom is -0.477 e. The Hall–Kier alpha value is -1.66. The number of hydrogen-bond acceptors (Lipinski definition) is 4. The van der Waals surface area contributed by atoms with Gasteiger partial charge in [0, 0.05) is 0 Å². The molecule has 0 saturated carbocycles. The number of rotatable bonds is 4. The zero-order chi connectivity index (χ0) is 15.0. The molecule has 1 aliphatic carbocycles. The van der Waals surface area contributed by atoms with E-state index in [1.807, 2.05) is 6.07 Å². The Bertz CT molecular complexity index is 803. The van der Waals surface area contributed by atoms with Gasteiger partial charge in [0.15, 0.2) is 9.84 Å². The van der Waals surface area contributed by atoms with Crippen molar-refractivity contribution in [3.63, 3.8) is 0 Å². The third kappa shape index (κ3) is 2.73. The van der Waals surface area contributed by atoms with Crippen LogP contribution >= 0.6 is 11.3 Å². The van der Waals surface area contributed by atoms with E-state index >= 15 is 0 Å². The monoisotopic (exact) mass is 322 g/mol. The average Bonchev–Trinajstić information content (AvgIpc) is 3.05. The van der Waals surface area contributed by atoms with Gasteiger partial charge >= 0.3 is 5.97 Å². The first-order valence-electron chi connectivity index (χ1n) is 6.61. The Morgan fingerprint density at radius 1 is 1.19 bits per heavy atom. The summed E-state index contributed by atoms with van der Waals surface area (Å²) in [5.74, 6) is -1.35. The van der Waals surface area contributed by atoms with Crippen LogP contribution in [-0.4, -0.2) is 19.5 Å². The number of fused-ring (bicyclic) bond motifs is 1. The van der Waals surface area contributed by atoms with E-state index in [9.17, 15) is 13.2 Å². The summed E-state index contributed by atoms with van der Waals surface area (Å²) in [5, 5.41) is 10.7. The van der Waals surface area contributed by atoms with Crippen LogP contribution in [0.5, 0.6) is 0 Å². The molecule has 110 valence electrons. The Kier molecular flexibility index (Phi) is 3.59. The third-order valence-corrected chi connectivity index (χ3v) is 6.32. The van der Waals surface area contributed by atoms with E-state index < -0.39 is 15.8 Å². The minimum atomic E-state index is -3.52. The van der Waals surface area contributed by atoms with Gasteiger partial charge in [-0.05, 0) is 59.5 Å². The molecule has 0 spiro atoms. The molecular weight excluding hydrogens is 308 g/mol. The van der Waals surface area contributed by atoms with Crippen LogP contribution in [0.3, 0.4) is 0 Å². The van der Waals surface area contributed by atoms with E-state index in [0.29, 0.717) is 5.56 Å². The standard InChI is InChI=1S/C15H14O4S2/c16-15(17)14-12(6-7-20-14)9-21(18,19)13-5-4-10-2-1-3-11(10)8-13/h4-8H,1-3,9H2,(H,16,17). The van der Waals surface area contributed by atoms with E-state index in [-0.39, 0.29) is 15.5 Å². The Morgan fingerprint density at radius 3 is 2.71 bits per heavy atom.